The van der Waals surface area contributed by atoms with E-state index < -0.39 is 21.9 Å². The summed E-state index contributed by atoms with van der Waals surface area (Å²) in [5.41, 5.74) is 4.86. The Kier molecular flexibility index (Phi) is 6.60. The molecule has 150 valence electrons. The summed E-state index contributed by atoms with van der Waals surface area (Å²) >= 11 is 0. The van der Waals surface area contributed by atoms with Crippen LogP contribution in [0, 0.1) is 0 Å². The van der Waals surface area contributed by atoms with Crippen molar-refractivity contribution in [2.24, 2.45) is 10.9 Å². The van der Waals surface area contributed by atoms with E-state index in [0.717, 1.165) is 17.3 Å². The van der Waals surface area contributed by atoms with Gasteiger partial charge in [-0.25, -0.2) is 18.2 Å². The van der Waals surface area contributed by atoms with Gasteiger partial charge in [-0.1, -0.05) is 37.3 Å². The van der Waals surface area contributed by atoms with E-state index in [0.29, 0.717) is 5.56 Å². The van der Waals surface area contributed by atoms with Crippen LogP contribution in [0.25, 0.3) is 16.9 Å². The van der Waals surface area contributed by atoms with Crippen molar-refractivity contribution in [3.8, 4) is 16.9 Å². The average molecular weight is 412 g/mol. The molecule has 10 heteroatoms. The number of rotatable bonds is 3. The fraction of sp³-hybridized carbons (Fsp3) is 0.167. The highest BCUT2D eigenvalue weighted by atomic mass is 32.2. The van der Waals surface area contributed by atoms with Crippen LogP contribution in [0.1, 0.15) is 12.6 Å². The molecule has 0 aliphatic heterocycles. The summed E-state index contributed by atoms with van der Waals surface area (Å²) in [6, 6.07) is 14.5. The number of nitrogens with zero attached hydrogens (tertiary/aromatic N) is 2. The Hall–Kier alpha value is -2.69. The summed E-state index contributed by atoms with van der Waals surface area (Å²) in [4.78, 5) is -0.138. The third-order valence-electron chi connectivity index (χ3n) is 3.48. The highest BCUT2D eigenvalue weighted by Gasteiger charge is 2.35. The molecule has 0 saturated heterocycles. The molecule has 0 radical (unpaired) electrons. The second kappa shape index (κ2) is 8.55. The largest absolute Gasteiger partial charge is 0.435 e. The van der Waals surface area contributed by atoms with Crippen molar-refractivity contribution in [3.05, 3.63) is 66.4 Å². The molecule has 0 aliphatic rings. The third kappa shape index (κ3) is 5.18. The average Bonchev–Trinajstić information content (AvgIpc) is 3.08. The van der Waals surface area contributed by atoms with E-state index in [9.17, 15) is 21.6 Å². The Morgan fingerprint density at radius 3 is 2.04 bits per heavy atom. The molecule has 0 amide bonds. The molecule has 6 nitrogen and oxygen atoms in total. The number of sulfonamides is 1. The lowest BCUT2D eigenvalue weighted by atomic mass is 10.1. The molecule has 28 heavy (non-hydrogen) atoms. The zero-order valence-corrected chi connectivity index (χ0v) is 15.7. The smallest absolute Gasteiger partial charge is 0.331 e. The molecular weight excluding hydrogens is 393 g/mol. The Labute approximate surface area is 160 Å². The zero-order chi connectivity index (χ0) is 20.9. The first kappa shape index (κ1) is 21.6. The first-order valence-electron chi connectivity index (χ1n) is 8.14. The van der Waals surface area contributed by atoms with Crippen LogP contribution >= 0.6 is 0 Å². The van der Waals surface area contributed by atoms with Crippen LogP contribution < -0.4 is 10.9 Å². The second-order valence-electron chi connectivity index (χ2n) is 5.64. The van der Waals surface area contributed by atoms with Gasteiger partial charge >= 0.3 is 6.18 Å². The summed E-state index contributed by atoms with van der Waals surface area (Å²) in [5, 5.41) is 8.66. The third-order valence-corrected chi connectivity index (χ3v) is 4.41. The van der Waals surface area contributed by atoms with Crippen LogP contribution in [0.2, 0.25) is 0 Å². The maximum atomic E-state index is 13.1. The normalized spacial score (nSPS) is 11.6. The topological polar surface area (TPSA) is 104 Å². The van der Waals surface area contributed by atoms with Crippen LogP contribution in [0.3, 0.4) is 0 Å². The van der Waals surface area contributed by atoms with E-state index in [-0.39, 0.29) is 16.3 Å². The highest BCUT2D eigenvalue weighted by Crippen LogP contribution is 2.33. The van der Waals surface area contributed by atoms with Crippen LogP contribution in [0.4, 0.5) is 13.2 Å². The number of primary sulfonamides is 1. The lowest BCUT2D eigenvalue weighted by molar-refractivity contribution is -0.141. The second-order valence-corrected chi connectivity index (χ2v) is 7.20. The molecule has 3 rings (SSSR count). The highest BCUT2D eigenvalue weighted by molar-refractivity contribution is 7.89. The molecule has 3 aromatic rings. The summed E-state index contributed by atoms with van der Waals surface area (Å²) in [5.74, 6) is 0. The quantitative estimate of drug-likeness (QED) is 0.689. The van der Waals surface area contributed by atoms with Gasteiger partial charge < -0.3 is 5.73 Å². The van der Waals surface area contributed by atoms with Crippen molar-refractivity contribution < 1.29 is 21.6 Å². The van der Waals surface area contributed by atoms with E-state index >= 15 is 0 Å². The Bertz CT molecular complexity index is 1020. The van der Waals surface area contributed by atoms with Gasteiger partial charge in [-0.15, -0.1) is 0 Å². The Morgan fingerprint density at radius 2 is 1.57 bits per heavy atom. The van der Waals surface area contributed by atoms with E-state index in [4.69, 9.17) is 10.9 Å². The van der Waals surface area contributed by atoms with E-state index in [1.165, 1.54) is 24.3 Å². The fourth-order valence-electron chi connectivity index (χ4n) is 2.31. The van der Waals surface area contributed by atoms with Gasteiger partial charge in [0.15, 0.2) is 5.69 Å². The standard InChI is InChI=1S/C16H12F3N3O2S.C2H7N/c17-16(18,19)15-10-14(11-4-2-1-3-5-11)22(21-15)12-6-8-13(9-7-12)25(20,23)24;1-2-3/h1-10H,(H2,20,23,24);2-3H2,1H3. The molecule has 0 spiro atoms. The van der Waals surface area contributed by atoms with Crippen molar-refractivity contribution in [1.82, 2.24) is 9.78 Å². The lowest BCUT2D eigenvalue weighted by Crippen LogP contribution is -2.12. The van der Waals surface area contributed by atoms with Gasteiger partial charge in [0, 0.05) is 5.56 Å². The van der Waals surface area contributed by atoms with Gasteiger partial charge in [-0.3, -0.25) is 0 Å². The Morgan fingerprint density at radius 1 is 1.04 bits per heavy atom. The van der Waals surface area contributed by atoms with Crippen LogP contribution in [0.5, 0.6) is 0 Å². The SMILES string of the molecule is CCN.NS(=O)(=O)c1ccc(-n2nc(C(F)(F)F)cc2-c2ccccc2)cc1. The minimum atomic E-state index is -4.60. The van der Waals surface area contributed by atoms with Gasteiger partial charge in [0.1, 0.15) is 0 Å². The molecule has 0 unspecified atom stereocenters. The maximum absolute atomic E-state index is 13.1. The maximum Gasteiger partial charge on any atom is 0.435 e. The molecular formula is C18H19F3N4O2S. The molecule has 0 bridgehead atoms. The minimum Gasteiger partial charge on any atom is -0.331 e. The Balaban J connectivity index is 0.000000878. The van der Waals surface area contributed by atoms with Crippen LogP contribution in [-0.4, -0.2) is 24.7 Å². The predicted octanol–water partition coefficient (Wildman–Crippen LogP) is 3.17. The number of alkyl halides is 3. The summed E-state index contributed by atoms with van der Waals surface area (Å²) in [6.45, 7) is 2.65. The van der Waals surface area contributed by atoms with E-state index in [1.54, 1.807) is 30.3 Å². The number of nitrogens with two attached hydrogens (primary N) is 2. The first-order valence-corrected chi connectivity index (χ1v) is 9.68. The van der Waals surface area contributed by atoms with Crippen LogP contribution in [-0.2, 0) is 16.2 Å². The van der Waals surface area contributed by atoms with Gasteiger partial charge in [0.25, 0.3) is 0 Å². The molecule has 0 atom stereocenters. The molecule has 2 aromatic carbocycles. The molecule has 4 N–H and O–H groups in total. The summed E-state index contributed by atoms with van der Waals surface area (Å²) in [7, 11) is -3.89. The van der Waals surface area contributed by atoms with Crippen molar-refractivity contribution in [2.45, 2.75) is 18.0 Å². The fourth-order valence-corrected chi connectivity index (χ4v) is 2.82. The predicted molar refractivity (Wildman–Crippen MR) is 100 cm³/mol. The summed E-state index contributed by atoms with van der Waals surface area (Å²) in [6.07, 6.45) is -4.60. The van der Waals surface area contributed by atoms with Gasteiger partial charge in [-0.2, -0.15) is 18.3 Å². The molecule has 0 fully saturated rings. The zero-order valence-electron chi connectivity index (χ0n) is 14.9. The molecule has 1 heterocycles. The molecule has 0 aliphatic carbocycles. The van der Waals surface area contributed by atoms with Crippen LogP contribution in [0.15, 0.2) is 65.6 Å². The van der Waals surface area contributed by atoms with E-state index in [2.05, 4.69) is 5.10 Å². The number of benzene rings is 2. The molecule has 1 aromatic heterocycles. The minimum absolute atomic E-state index is 0.138. The number of hydrogen-bond acceptors (Lipinski definition) is 4. The first-order chi connectivity index (χ1) is 13.1. The lowest BCUT2D eigenvalue weighted by Gasteiger charge is -2.08. The number of hydrogen-bond donors (Lipinski definition) is 2. The van der Waals surface area contributed by atoms with Crippen molar-refractivity contribution in [3.63, 3.8) is 0 Å². The van der Waals surface area contributed by atoms with Crippen molar-refractivity contribution in [2.75, 3.05) is 6.54 Å². The van der Waals surface area contributed by atoms with Gasteiger partial charge in [0.05, 0.1) is 16.3 Å². The number of aromatic nitrogens is 2. The van der Waals surface area contributed by atoms with E-state index in [1.807, 2.05) is 6.92 Å². The van der Waals surface area contributed by atoms with Gasteiger partial charge in [0.2, 0.25) is 10.0 Å². The monoisotopic (exact) mass is 412 g/mol. The van der Waals surface area contributed by atoms with Crippen molar-refractivity contribution in [1.29, 1.82) is 0 Å². The van der Waals surface area contributed by atoms with Gasteiger partial charge in [-0.05, 0) is 36.9 Å². The van der Waals surface area contributed by atoms with Crippen molar-refractivity contribution >= 4 is 10.0 Å². The molecule has 0 saturated carbocycles. The summed E-state index contributed by atoms with van der Waals surface area (Å²) < 4.78 is 62.9. The number of halogens is 3.